The molecule has 3 heterocycles. The third kappa shape index (κ3) is 2.96. The number of imidazole rings is 1. The fourth-order valence-electron chi connectivity index (χ4n) is 3.41. The van der Waals surface area contributed by atoms with Crippen LogP contribution in [0.2, 0.25) is 5.02 Å². The van der Waals surface area contributed by atoms with Crippen LogP contribution in [0.4, 0.5) is 14.6 Å². The molecule has 4 aromatic rings. The van der Waals surface area contributed by atoms with E-state index in [0.29, 0.717) is 38.4 Å². The number of carbonyl (C=O) groups is 1. The maximum absolute atomic E-state index is 14.8. The maximum atomic E-state index is 14.8. The molecule has 0 aliphatic heterocycles. The van der Waals surface area contributed by atoms with Crippen molar-refractivity contribution >= 4 is 51.6 Å². The zero-order valence-electron chi connectivity index (χ0n) is 15.0. The molecule has 2 N–H and O–H groups in total. The molecule has 1 aromatic carbocycles. The SMILES string of the molecule is CSc1c(F)c(Cl)c(-c2ccc3nc(NC(=O)[C@@H]4C[C@@H]4F)cn3c2)c2cn[nH]c12. The second-order valence-corrected chi connectivity index (χ2v) is 8.05. The monoisotopic (exact) mass is 433 g/mol. The zero-order chi connectivity index (χ0) is 20.3. The second kappa shape index (κ2) is 6.70. The molecule has 0 spiro atoms. The Morgan fingerprint density at radius 3 is 2.93 bits per heavy atom. The lowest BCUT2D eigenvalue weighted by Crippen LogP contribution is -2.15. The number of pyridine rings is 1. The molecule has 10 heteroatoms. The Bertz CT molecular complexity index is 1290. The number of amides is 1. The first-order valence-corrected chi connectivity index (χ1v) is 10.4. The van der Waals surface area contributed by atoms with Crippen LogP contribution in [0.25, 0.3) is 27.7 Å². The van der Waals surface area contributed by atoms with Crippen LogP contribution in [0.3, 0.4) is 0 Å². The molecule has 1 amide bonds. The number of nitrogens with one attached hydrogen (secondary N) is 2. The van der Waals surface area contributed by atoms with Crippen LogP contribution in [0.1, 0.15) is 6.42 Å². The second-order valence-electron chi connectivity index (χ2n) is 6.85. The summed E-state index contributed by atoms with van der Waals surface area (Å²) < 4.78 is 29.6. The van der Waals surface area contributed by atoms with Crippen LogP contribution >= 0.6 is 23.4 Å². The number of carbonyl (C=O) groups excluding carboxylic acids is 1. The highest BCUT2D eigenvalue weighted by Gasteiger charge is 2.43. The van der Waals surface area contributed by atoms with E-state index in [1.54, 1.807) is 41.4 Å². The number of hydrogen-bond donors (Lipinski definition) is 2. The lowest BCUT2D eigenvalue weighted by atomic mass is 10.0. The summed E-state index contributed by atoms with van der Waals surface area (Å²) in [5.74, 6) is -1.15. The molecule has 3 aromatic heterocycles. The van der Waals surface area contributed by atoms with Gasteiger partial charge in [0, 0.05) is 22.7 Å². The van der Waals surface area contributed by atoms with Gasteiger partial charge in [0.2, 0.25) is 5.91 Å². The largest absolute Gasteiger partial charge is 0.309 e. The van der Waals surface area contributed by atoms with Gasteiger partial charge >= 0.3 is 0 Å². The van der Waals surface area contributed by atoms with Gasteiger partial charge in [0.15, 0.2) is 11.6 Å². The Kier molecular flexibility index (Phi) is 4.25. The lowest BCUT2D eigenvalue weighted by molar-refractivity contribution is -0.117. The number of benzene rings is 1. The van der Waals surface area contributed by atoms with Crippen LogP contribution in [0, 0.1) is 11.7 Å². The third-order valence-electron chi connectivity index (χ3n) is 4.99. The highest BCUT2D eigenvalue weighted by atomic mass is 35.5. The molecule has 1 aliphatic carbocycles. The number of rotatable bonds is 4. The van der Waals surface area contributed by atoms with E-state index in [1.807, 2.05) is 0 Å². The highest BCUT2D eigenvalue weighted by molar-refractivity contribution is 7.98. The van der Waals surface area contributed by atoms with E-state index < -0.39 is 17.9 Å². The number of halogens is 3. The number of anilines is 1. The predicted molar refractivity (Wildman–Crippen MR) is 109 cm³/mol. The van der Waals surface area contributed by atoms with Crippen molar-refractivity contribution in [2.24, 2.45) is 5.92 Å². The molecule has 29 heavy (non-hydrogen) atoms. The van der Waals surface area contributed by atoms with Crippen LogP contribution in [0.15, 0.2) is 35.6 Å². The first-order valence-electron chi connectivity index (χ1n) is 8.80. The third-order valence-corrected chi connectivity index (χ3v) is 6.14. The van der Waals surface area contributed by atoms with Crippen molar-refractivity contribution in [1.82, 2.24) is 19.6 Å². The number of fused-ring (bicyclic) bond motifs is 2. The van der Waals surface area contributed by atoms with Gasteiger partial charge in [0.05, 0.1) is 33.7 Å². The van der Waals surface area contributed by atoms with Gasteiger partial charge in [0.1, 0.15) is 11.8 Å². The Morgan fingerprint density at radius 1 is 1.41 bits per heavy atom. The molecule has 5 rings (SSSR count). The molecular weight excluding hydrogens is 420 g/mol. The number of H-pyrrole nitrogens is 1. The van der Waals surface area contributed by atoms with Gasteiger partial charge in [0.25, 0.3) is 0 Å². The maximum Gasteiger partial charge on any atom is 0.231 e. The van der Waals surface area contributed by atoms with E-state index in [-0.39, 0.29) is 17.4 Å². The van der Waals surface area contributed by atoms with Crippen molar-refractivity contribution < 1.29 is 13.6 Å². The van der Waals surface area contributed by atoms with E-state index in [0.717, 1.165) is 0 Å². The molecule has 0 radical (unpaired) electrons. The molecule has 0 unspecified atom stereocenters. The molecule has 1 fully saturated rings. The minimum atomic E-state index is -1.07. The van der Waals surface area contributed by atoms with Crippen molar-refractivity contribution in [3.63, 3.8) is 0 Å². The Balaban J connectivity index is 1.58. The van der Waals surface area contributed by atoms with Gasteiger partial charge in [-0.15, -0.1) is 11.8 Å². The number of nitrogens with zero attached hydrogens (tertiary/aromatic N) is 3. The summed E-state index contributed by atoms with van der Waals surface area (Å²) in [7, 11) is 0. The van der Waals surface area contributed by atoms with E-state index in [2.05, 4.69) is 20.5 Å². The smallest absolute Gasteiger partial charge is 0.231 e. The van der Waals surface area contributed by atoms with E-state index in [9.17, 15) is 13.6 Å². The molecular formula is C19H14ClF2N5OS. The molecule has 2 atom stereocenters. The standard InChI is InChI=1S/C19H14ClF2N5OS/c1-29-18-16(22)15(20)14(10-5-23-26-17(10)18)8-2-3-13-24-12(7-27(13)6-8)25-19(28)9-4-11(9)21/h2-3,5-7,9,11H,4H2,1H3,(H,23,26)(H,25,28)/t9-,11+/m1/s1. The van der Waals surface area contributed by atoms with E-state index >= 15 is 0 Å². The van der Waals surface area contributed by atoms with Crippen LogP contribution in [-0.2, 0) is 4.79 Å². The van der Waals surface area contributed by atoms with Crippen LogP contribution in [0.5, 0.6) is 0 Å². The molecule has 0 bridgehead atoms. The Morgan fingerprint density at radius 2 is 2.21 bits per heavy atom. The van der Waals surface area contributed by atoms with E-state index in [1.165, 1.54) is 11.8 Å². The van der Waals surface area contributed by atoms with Gasteiger partial charge in [-0.25, -0.2) is 13.8 Å². The molecule has 0 saturated heterocycles. The van der Waals surface area contributed by atoms with Crippen molar-refractivity contribution in [2.45, 2.75) is 17.5 Å². The first-order chi connectivity index (χ1) is 14.0. The van der Waals surface area contributed by atoms with Crippen molar-refractivity contribution in [3.8, 4) is 11.1 Å². The van der Waals surface area contributed by atoms with Crippen molar-refractivity contribution in [2.75, 3.05) is 11.6 Å². The Labute approximate surface area is 172 Å². The van der Waals surface area contributed by atoms with Crippen molar-refractivity contribution in [3.05, 3.63) is 41.6 Å². The summed E-state index contributed by atoms with van der Waals surface area (Å²) in [6.07, 6.45) is 5.94. The number of aromatic amines is 1. The van der Waals surface area contributed by atoms with Gasteiger partial charge < -0.3 is 9.72 Å². The normalized spacial score (nSPS) is 18.5. The number of thioether (sulfide) groups is 1. The van der Waals surface area contributed by atoms with Gasteiger partial charge in [-0.05, 0) is 24.8 Å². The minimum absolute atomic E-state index is 0.0129. The summed E-state index contributed by atoms with van der Waals surface area (Å²) in [6.45, 7) is 0. The fourth-order valence-corrected chi connectivity index (χ4v) is 4.42. The summed E-state index contributed by atoms with van der Waals surface area (Å²) in [4.78, 5) is 16.7. The molecule has 6 nitrogen and oxygen atoms in total. The first kappa shape index (κ1) is 18.4. The fraction of sp³-hybridized carbons (Fsp3) is 0.211. The summed E-state index contributed by atoms with van der Waals surface area (Å²) >= 11 is 7.63. The topological polar surface area (TPSA) is 75.1 Å². The van der Waals surface area contributed by atoms with Gasteiger partial charge in [-0.2, -0.15) is 5.10 Å². The van der Waals surface area contributed by atoms with Crippen molar-refractivity contribution in [1.29, 1.82) is 0 Å². The molecule has 1 saturated carbocycles. The summed E-state index contributed by atoms with van der Waals surface area (Å²) in [5.41, 5.74) is 2.35. The number of alkyl halides is 1. The number of hydrogen-bond acceptors (Lipinski definition) is 4. The van der Waals surface area contributed by atoms with Crippen LogP contribution in [-0.4, -0.2) is 37.9 Å². The quantitative estimate of drug-likeness (QED) is 0.458. The average molecular weight is 434 g/mol. The van der Waals surface area contributed by atoms with E-state index in [4.69, 9.17) is 11.6 Å². The molecule has 1 aliphatic rings. The summed E-state index contributed by atoms with van der Waals surface area (Å²) in [6, 6.07) is 3.51. The van der Waals surface area contributed by atoms with Gasteiger partial charge in [-0.1, -0.05) is 11.6 Å². The molecule has 148 valence electrons. The number of aromatic nitrogens is 4. The summed E-state index contributed by atoms with van der Waals surface area (Å²) in [5, 5.41) is 10.2. The van der Waals surface area contributed by atoms with Gasteiger partial charge in [-0.3, -0.25) is 9.89 Å². The zero-order valence-corrected chi connectivity index (χ0v) is 16.6. The Hall–Kier alpha value is -2.65. The predicted octanol–water partition coefficient (Wildman–Crippen LogP) is 4.69. The minimum Gasteiger partial charge on any atom is -0.309 e. The van der Waals surface area contributed by atoms with Crippen LogP contribution < -0.4 is 5.32 Å². The average Bonchev–Trinajstić information content (AvgIpc) is 3.08. The highest BCUT2D eigenvalue weighted by Crippen LogP contribution is 2.42. The lowest BCUT2D eigenvalue weighted by Gasteiger charge is -2.11.